The molecule has 4 nitrogen and oxygen atoms in total. The second-order valence-corrected chi connectivity index (χ2v) is 12.5. The predicted octanol–water partition coefficient (Wildman–Crippen LogP) is 6.19. The number of hydrogen-bond acceptors (Lipinski definition) is 3. The van der Waals surface area contributed by atoms with Crippen LogP contribution in [0.3, 0.4) is 0 Å². The van der Waals surface area contributed by atoms with Crippen LogP contribution in [0.25, 0.3) is 0 Å². The summed E-state index contributed by atoms with van der Waals surface area (Å²) in [5.41, 5.74) is 0.0225. The molecule has 0 aromatic carbocycles. The van der Waals surface area contributed by atoms with Gasteiger partial charge in [-0.2, -0.15) is 10.4 Å². The van der Waals surface area contributed by atoms with Crippen molar-refractivity contribution in [2.24, 2.45) is 46.8 Å². The van der Waals surface area contributed by atoms with Crippen molar-refractivity contribution in [1.29, 1.82) is 5.26 Å². The highest BCUT2D eigenvalue weighted by atomic mass is 16.3. The van der Waals surface area contributed by atoms with E-state index in [2.05, 4.69) is 25.0 Å². The Balaban J connectivity index is 1.30. The first kappa shape index (κ1) is 22.5. The SMILES string of the molecule is CCC[C@H]1CC[C@H]2[C@@H](CC[C@@H]3[C@@H]2CC[C@@]2(C)[C@H]3CC[C@@H]2[C@@](C)(O)Cn2cc(C#N)cn2)C1. The van der Waals surface area contributed by atoms with Crippen molar-refractivity contribution < 1.29 is 5.11 Å². The van der Waals surface area contributed by atoms with Crippen molar-refractivity contribution in [3.63, 3.8) is 0 Å². The maximum atomic E-state index is 11.7. The first-order chi connectivity index (χ1) is 15.4. The second-order valence-electron chi connectivity index (χ2n) is 12.5. The molecular weight excluding hydrogens is 394 g/mol. The molecule has 0 amide bonds. The third-order valence-corrected chi connectivity index (χ3v) is 10.8. The maximum absolute atomic E-state index is 11.7. The summed E-state index contributed by atoms with van der Waals surface area (Å²) in [4.78, 5) is 0. The number of fused-ring (bicyclic) bond motifs is 5. The van der Waals surface area contributed by atoms with Crippen molar-refractivity contribution in [1.82, 2.24) is 9.78 Å². The van der Waals surface area contributed by atoms with Crippen LogP contribution in [-0.4, -0.2) is 20.5 Å². The lowest BCUT2D eigenvalue weighted by Gasteiger charge is -2.57. The average molecular weight is 438 g/mol. The van der Waals surface area contributed by atoms with E-state index in [-0.39, 0.29) is 5.41 Å². The lowest BCUT2D eigenvalue weighted by atomic mass is 9.48. The van der Waals surface area contributed by atoms with E-state index in [1.807, 2.05) is 6.92 Å². The minimum atomic E-state index is -0.787. The molecule has 32 heavy (non-hydrogen) atoms. The standard InChI is InChI=1S/C28H43N3O/c1-4-5-19-6-8-22-21(14-19)7-9-24-23(22)12-13-27(2)25(24)10-11-26(27)28(3,32)18-31-17-20(15-29)16-30-31/h16-17,19,21-26,32H,4-14,18H2,1-3H3/t19-,21-,22-,23+,24+,25-,26-,27-,28-/m0/s1. The van der Waals surface area contributed by atoms with Crippen LogP contribution in [0.5, 0.6) is 0 Å². The van der Waals surface area contributed by atoms with Gasteiger partial charge in [0.2, 0.25) is 0 Å². The summed E-state index contributed by atoms with van der Waals surface area (Å²) >= 11 is 0. The number of aliphatic hydroxyl groups is 1. The van der Waals surface area contributed by atoms with E-state index in [1.165, 1.54) is 64.2 Å². The molecule has 1 aromatic rings. The molecule has 0 aliphatic heterocycles. The largest absolute Gasteiger partial charge is 0.388 e. The van der Waals surface area contributed by atoms with Crippen molar-refractivity contribution in [3.8, 4) is 6.07 Å². The van der Waals surface area contributed by atoms with E-state index in [1.54, 1.807) is 17.1 Å². The Morgan fingerprint density at radius 2 is 1.97 bits per heavy atom. The molecule has 4 aliphatic carbocycles. The van der Waals surface area contributed by atoms with Gasteiger partial charge in [-0.05, 0) is 105 Å². The fourth-order valence-corrected chi connectivity index (χ4v) is 9.59. The van der Waals surface area contributed by atoms with E-state index < -0.39 is 5.60 Å². The molecule has 4 saturated carbocycles. The molecule has 1 aromatic heterocycles. The highest BCUT2D eigenvalue weighted by Crippen LogP contribution is 2.66. The molecule has 1 N–H and O–H groups in total. The predicted molar refractivity (Wildman–Crippen MR) is 127 cm³/mol. The van der Waals surface area contributed by atoms with Gasteiger partial charge >= 0.3 is 0 Å². The molecule has 0 spiro atoms. The van der Waals surface area contributed by atoms with Gasteiger partial charge in [-0.15, -0.1) is 0 Å². The van der Waals surface area contributed by atoms with Gasteiger partial charge in [-0.25, -0.2) is 0 Å². The van der Waals surface area contributed by atoms with Crippen molar-refractivity contribution in [3.05, 3.63) is 18.0 Å². The van der Waals surface area contributed by atoms with Gasteiger partial charge in [0.25, 0.3) is 0 Å². The Morgan fingerprint density at radius 3 is 2.72 bits per heavy atom. The van der Waals surface area contributed by atoms with Crippen LogP contribution in [-0.2, 0) is 6.54 Å². The number of nitrogens with zero attached hydrogens (tertiary/aromatic N) is 3. The van der Waals surface area contributed by atoms with Gasteiger partial charge in [0, 0.05) is 6.20 Å². The topological polar surface area (TPSA) is 61.8 Å². The Bertz CT molecular complexity index is 853. The quantitative estimate of drug-likeness (QED) is 0.597. The summed E-state index contributed by atoms with van der Waals surface area (Å²) in [6.45, 7) is 7.37. The minimum Gasteiger partial charge on any atom is -0.388 e. The van der Waals surface area contributed by atoms with E-state index >= 15 is 0 Å². The van der Waals surface area contributed by atoms with Crippen LogP contribution < -0.4 is 0 Å². The van der Waals surface area contributed by atoms with E-state index in [0.717, 1.165) is 41.9 Å². The summed E-state index contributed by atoms with van der Waals surface area (Å²) < 4.78 is 1.78. The second kappa shape index (κ2) is 8.46. The summed E-state index contributed by atoms with van der Waals surface area (Å²) in [5, 5.41) is 25.1. The molecule has 1 heterocycles. The number of hydrogen-bond donors (Lipinski definition) is 1. The van der Waals surface area contributed by atoms with Gasteiger partial charge < -0.3 is 5.11 Å². The summed E-state index contributed by atoms with van der Waals surface area (Å²) in [5.74, 6) is 5.91. The Labute approximate surface area is 194 Å². The molecule has 4 aliphatic rings. The van der Waals surface area contributed by atoms with Gasteiger partial charge in [0.1, 0.15) is 6.07 Å². The molecule has 0 unspecified atom stereocenters. The van der Waals surface area contributed by atoms with Crippen molar-refractivity contribution >= 4 is 0 Å². The normalized spacial score (nSPS) is 42.9. The number of nitriles is 1. The number of rotatable bonds is 5. The van der Waals surface area contributed by atoms with E-state index in [9.17, 15) is 5.11 Å². The summed E-state index contributed by atoms with van der Waals surface area (Å²) in [6.07, 6.45) is 18.6. The lowest BCUT2D eigenvalue weighted by Crippen LogP contribution is -2.52. The average Bonchev–Trinajstić information content (AvgIpc) is 3.37. The molecule has 4 heteroatoms. The van der Waals surface area contributed by atoms with Crippen LogP contribution in [0.15, 0.2) is 12.4 Å². The molecule has 9 atom stereocenters. The summed E-state index contributed by atoms with van der Waals surface area (Å²) in [6, 6.07) is 2.15. The number of aromatic nitrogens is 2. The third-order valence-electron chi connectivity index (χ3n) is 10.8. The first-order valence-electron chi connectivity index (χ1n) is 13.5. The van der Waals surface area contributed by atoms with Gasteiger partial charge in [-0.1, -0.05) is 33.1 Å². The zero-order chi connectivity index (χ0) is 22.5. The summed E-state index contributed by atoms with van der Waals surface area (Å²) in [7, 11) is 0. The highest BCUT2D eigenvalue weighted by Gasteiger charge is 2.60. The Kier molecular flexibility index (Phi) is 5.94. The zero-order valence-corrected chi connectivity index (χ0v) is 20.5. The van der Waals surface area contributed by atoms with Gasteiger partial charge in [0.05, 0.1) is 23.9 Å². The van der Waals surface area contributed by atoms with Crippen LogP contribution in [0, 0.1) is 58.2 Å². The van der Waals surface area contributed by atoms with Crippen LogP contribution in [0.1, 0.15) is 97.0 Å². The Hall–Kier alpha value is -1.34. The van der Waals surface area contributed by atoms with Crippen LogP contribution in [0.4, 0.5) is 0 Å². The minimum absolute atomic E-state index is 0.238. The molecule has 0 radical (unpaired) electrons. The molecule has 176 valence electrons. The third kappa shape index (κ3) is 3.73. The highest BCUT2D eigenvalue weighted by molar-refractivity contribution is 5.21. The molecular formula is C28H43N3O. The molecule has 4 fully saturated rings. The smallest absolute Gasteiger partial charge is 0.102 e. The van der Waals surface area contributed by atoms with Gasteiger partial charge in [-0.3, -0.25) is 4.68 Å². The van der Waals surface area contributed by atoms with E-state index in [4.69, 9.17) is 5.26 Å². The molecule has 5 rings (SSSR count). The fourth-order valence-electron chi connectivity index (χ4n) is 9.59. The first-order valence-corrected chi connectivity index (χ1v) is 13.5. The van der Waals surface area contributed by atoms with Crippen LogP contribution >= 0.6 is 0 Å². The monoisotopic (exact) mass is 437 g/mol. The lowest BCUT2D eigenvalue weighted by molar-refractivity contribution is -0.115. The van der Waals surface area contributed by atoms with Gasteiger partial charge in [0.15, 0.2) is 0 Å². The maximum Gasteiger partial charge on any atom is 0.102 e. The van der Waals surface area contributed by atoms with Crippen molar-refractivity contribution in [2.45, 2.75) is 104 Å². The fraction of sp³-hybridized carbons (Fsp3) is 0.857. The van der Waals surface area contributed by atoms with E-state index in [0.29, 0.717) is 18.0 Å². The molecule has 0 bridgehead atoms. The molecule has 0 saturated heterocycles. The van der Waals surface area contributed by atoms with Crippen LogP contribution in [0.2, 0.25) is 0 Å². The zero-order valence-electron chi connectivity index (χ0n) is 20.5. The van der Waals surface area contributed by atoms with Crippen molar-refractivity contribution in [2.75, 3.05) is 0 Å². The Morgan fingerprint density at radius 1 is 1.16 bits per heavy atom.